The first-order chi connectivity index (χ1) is 5.24. The molecule has 1 heterocycles. The number of carboxylic acid groups (broad SMARTS) is 1. The van der Waals surface area contributed by atoms with Gasteiger partial charge < -0.3 is 10.2 Å². The zero-order chi connectivity index (χ0) is 8.27. The Morgan fingerprint density at radius 1 is 1.82 bits per heavy atom. The van der Waals surface area contributed by atoms with Gasteiger partial charge in [0.25, 0.3) is 0 Å². The molecule has 11 heavy (non-hydrogen) atoms. The van der Waals surface area contributed by atoms with Crippen LogP contribution in [-0.4, -0.2) is 46.8 Å². The van der Waals surface area contributed by atoms with Crippen LogP contribution < -0.4 is 5.43 Å². The molecule has 0 aromatic rings. The number of hydrazine groups is 1. The van der Waals surface area contributed by atoms with Crippen LogP contribution in [0.15, 0.2) is 4.99 Å². The fourth-order valence-corrected chi connectivity index (χ4v) is 0.675. The lowest BCUT2D eigenvalue weighted by molar-refractivity contribution is 0.126. The van der Waals surface area contributed by atoms with Crippen molar-refractivity contribution in [1.82, 2.24) is 10.4 Å². The van der Waals surface area contributed by atoms with Crippen LogP contribution in [0.1, 0.15) is 0 Å². The fraction of sp³-hybridized carbons (Fsp3) is 0.600. The van der Waals surface area contributed by atoms with Crippen molar-refractivity contribution < 1.29 is 15.0 Å². The molecular formula is C5H9N3O3. The first-order valence-corrected chi connectivity index (χ1v) is 3.15. The molecule has 0 aromatic carbocycles. The van der Waals surface area contributed by atoms with E-state index >= 15 is 0 Å². The molecule has 0 bridgehead atoms. The van der Waals surface area contributed by atoms with E-state index in [1.54, 1.807) is 0 Å². The van der Waals surface area contributed by atoms with E-state index < -0.39 is 6.09 Å². The lowest BCUT2D eigenvalue weighted by atomic mass is 10.4. The van der Waals surface area contributed by atoms with Gasteiger partial charge in [-0.3, -0.25) is 10.4 Å². The van der Waals surface area contributed by atoms with Crippen molar-refractivity contribution in [3.63, 3.8) is 0 Å². The van der Waals surface area contributed by atoms with Gasteiger partial charge >= 0.3 is 6.09 Å². The number of amides is 1. The SMILES string of the molecule is O=C(O)N1CC(=NCCO)N1. The number of aliphatic hydroxyl groups excluding tert-OH is 1. The Hall–Kier alpha value is -1.30. The Balaban J connectivity index is 2.23. The molecular weight excluding hydrogens is 150 g/mol. The number of rotatable bonds is 2. The van der Waals surface area contributed by atoms with Crippen LogP contribution in [0.3, 0.4) is 0 Å². The Labute approximate surface area is 63.1 Å². The zero-order valence-electron chi connectivity index (χ0n) is 5.82. The minimum Gasteiger partial charge on any atom is -0.464 e. The van der Waals surface area contributed by atoms with Crippen LogP contribution in [0.4, 0.5) is 4.79 Å². The van der Waals surface area contributed by atoms with Crippen LogP contribution in [0, 0.1) is 0 Å². The monoisotopic (exact) mass is 159 g/mol. The van der Waals surface area contributed by atoms with Crippen molar-refractivity contribution in [2.24, 2.45) is 4.99 Å². The van der Waals surface area contributed by atoms with Crippen LogP contribution in [0.2, 0.25) is 0 Å². The van der Waals surface area contributed by atoms with Crippen molar-refractivity contribution >= 4 is 11.9 Å². The number of aliphatic imine (C=N–C) groups is 1. The Morgan fingerprint density at radius 2 is 2.45 bits per heavy atom. The summed E-state index contributed by atoms with van der Waals surface area (Å²) in [4.78, 5) is 14.0. The minimum atomic E-state index is -1.02. The Morgan fingerprint density at radius 3 is 2.91 bits per heavy atom. The highest BCUT2D eigenvalue weighted by Gasteiger charge is 2.24. The van der Waals surface area contributed by atoms with Gasteiger partial charge in [-0.2, -0.15) is 0 Å². The Kier molecular flexibility index (Phi) is 2.27. The van der Waals surface area contributed by atoms with Crippen LogP contribution in [0.25, 0.3) is 0 Å². The second-order valence-electron chi connectivity index (χ2n) is 2.03. The molecule has 1 aliphatic rings. The van der Waals surface area contributed by atoms with E-state index in [1.165, 1.54) is 0 Å². The van der Waals surface area contributed by atoms with Gasteiger partial charge in [0.05, 0.1) is 13.2 Å². The summed E-state index contributed by atoms with van der Waals surface area (Å²) in [5.41, 5.74) is 2.49. The summed E-state index contributed by atoms with van der Waals surface area (Å²) in [7, 11) is 0. The van der Waals surface area contributed by atoms with E-state index in [2.05, 4.69) is 10.4 Å². The molecule has 0 atom stereocenters. The quantitative estimate of drug-likeness (QED) is 0.476. The topological polar surface area (TPSA) is 85.2 Å². The molecule has 0 saturated carbocycles. The molecule has 1 rings (SSSR count). The van der Waals surface area contributed by atoms with Crippen molar-refractivity contribution in [2.75, 3.05) is 19.7 Å². The molecule has 6 heteroatoms. The summed E-state index contributed by atoms with van der Waals surface area (Å²) < 4.78 is 0. The predicted octanol–water partition coefficient (Wildman–Crippen LogP) is -1.12. The summed E-state index contributed by atoms with van der Waals surface area (Å²) in [5, 5.41) is 17.7. The van der Waals surface area contributed by atoms with Crippen molar-refractivity contribution in [1.29, 1.82) is 0 Å². The first-order valence-electron chi connectivity index (χ1n) is 3.15. The molecule has 3 N–H and O–H groups in total. The van der Waals surface area contributed by atoms with Gasteiger partial charge in [-0.05, 0) is 0 Å². The van der Waals surface area contributed by atoms with E-state index in [9.17, 15) is 4.79 Å². The lowest BCUT2D eigenvalue weighted by Crippen LogP contribution is -2.60. The number of carbonyl (C=O) groups is 1. The molecule has 6 nitrogen and oxygen atoms in total. The van der Waals surface area contributed by atoms with Gasteiger partial charge in [0.15, 0.2) is 0 Å². The maximum Gasteiger partial charge on any atom is 0.426 e. The lowest BCUT2D eigenvalue weighted by Gasteiger charge is -2.31. The number of nitrogens with one attached hydrogen (secondary N) is 1. The summed E-state index contributed by atoms with van der Waals surface area (Å²) in [6.07, 6.45) is -1.02. The third-order valence-corrected chi connectivity index (χ3v) is 1.21. The molecule has 0 radical (unpaired) electrons. The third kappa shape index (κ3) is 1.81. The molecule has 1 fully saturated rings. The van der Waals surface area contributed by atoms with Crippen LogP contribution in [0.5, 0.6) is 0 Å². The van der Waals surface area contributed by atoms with E-state index in [0.717, 1.165) is 5.01 Å². The van der Waals surface area contributed by atoms with Crippen molar-refractivity contribution in [2.45, 2.75) is 0 Å². The highest BCUT2D eigenvalue weighted by Crippen LogP contribution is 1.96. The van der Waals surface area contributed by atoms with Crippen LogP contribution in [-0.2, 0) is 0 Å². The predicted molar refractivity (Wildman–Crippen MR) is 37.3 cm³/mol. The second kappa shape index (κ2) is 3.20. The van der Waals surface area contributed by atoms with E-state index in [0.29, 0.717) is 12.4 Å². The molecule has 0 spiro atoms. The molecule has 1 aliphatic heterocycles. The largest absolute Gasteiger partial charge is 0.464 e. The van der Waals surface area contributed by atoms with Crippen LogP contribution >= 0.6 is 0 Å². The first kappa shape index (κ1) is 7.80. The minimum absolute atomic E-state index is 0.0156. The number of amidine groups is 1. The van der Waals surface area contributed by atoms with Gasteiger partial charge in [0.1, 0.15) is 12.4 Å². The van der Waals surface area contributed by atoms with E-state index in [1.807, 2.05) is 0 Å². The molecule has 0 aromatic heterocycles. The number of nitrogens with zero attached hydrogens (tertiary/aromatic N) is 2. The summed E-state index contributed by atoms with van der Waals surface area (Å²) in [6, 6.07) is 0. The second-order valence-corrected chi connectivity index (χ2v) is 2.03. The summed E-state index contributed by atoms with van der Waals surface area (Å²) in [5.74, 6) is 0.599. The number of hydrogen-bond donors (Lipinski definition) is 3. The fourth-order valence-electron chi connectivity index (χ4n) is 0.675. The highest BCUT2D eigenvalue weighted by atomic mass is 16.4. The molecule has 1 amide bonds. The molecule has 0 aliphatic carbocycles. The average Bonchev–Trinajstić information content (AvgIpc) is 1.84. The van der Waals surface area contributed by atoms with Gasteiger partial charge in [-0.1, -0.05) is 0 Å². The van der Waals surface area contributed by atoms with Gasteiger partial charge in [0, 0.05) is 0 Å². The zero-order valence-corrected chi connectivity index (χ0v) is 5.82. The standard InChI is InChI=1S/C5H9N3O3/c9-2-1-6-4-3-8(7-4)5(10)11/h9H,1-3H2,(H,6,7)(H,10,11). The highest BCUT2D eigenvalue weighted by molar-refractivity contribution is 5.93. The Bertz CT molecular complexity index is 183. The maximum atomic E-state index is 10.2. The summed E-state index contributed by atoms with van der Waals surface area (Å²) >= 11 is 0. The van der Waals surface area contributed by atoms with Gasteiger partial charge in [-0.15, -0.1) is 0 Å². The summed E-state index contributed by atoms with van der Waals surface area (Å²) in [6.45, 7) is 0.587. The van der Waals surface area contributed by atoms with Crippen molar-refractivity contribution in [3.8, 4) is 0 Å². The van der Waals surface area contributed by atoms with E-state index in [-0.39, 0.29) is 13.2 Å². The van der Waals surface area contributed by atoms with Crippen molar-refractivity contribution in [3.05, 3.63) is 0 Å². The average molecular weight is 159 g/mol. The normalized spacial score (nSPS) is 19.4. The van der Waals surface area contributed by atoms with Gasteiger partial charge in [0.2, 0.25) is 0 Å². The molecule has 0 unspecified atom stereocenters. The smallest absolute Gasteiger partial charge is 0.426 e. The maximum absolute atomic E-state index is 10.2. The molecule has 62 valence electrons. The number of aliphatic hydroxyl groups is 1. The van der Waals surface area contributed by atoms with Gasteiger partial charge in [-0.25, -0.2) is 9.80 Å². The molecule has 1 saturated heterocycles. The third-order valence-electron chi connectivity index (χ3n) is 1.21. The van der Waals surface area contributed by atoms with E-state index in [4.69, 9.17) is 10.2 Å². The number of hydrogen-bond acceptors (Lipinski definition) is 3.